The Bertz CT molecular complexity index is 409. The van der Waals surface area contributed by atoms with Gasteiger partial charge in [-0.1, -0.05) is 0 Å². The number of carbonyl (C=O) groups excluding carboxylic acids is 1. The number of alkyl halides is 2. The molecule has 0 aromatic rings. The molecule has 108 valence electrons. The molecule has 4 nitrogen and oxygen atoms in total. The molecule has 6 heteroatoms. The maximum absolute atomic E-state index is 13.7. The first-order chi connectivity index (χ1) is 8.66. The normalized spacial score (nSPS) is 30.0. The number of carboxylic acid groups (broad SMARTS) is 1. The van der Waals surface area contributed by atoms with Crippen molar-refractivity contribution in [1.82, 2.24) is 4.90 Å². The Morgan fingerprint density at radius 3 is 2.53 bits per heavy atom. The number of nitrogens with zero attached hydrogens (tertiary/aromatic N) is 1. The molecule has 1 heterocycles. The molecule has 0 aromatic carbocycles. The molecule has 0 aromatic heterocycles. The molecule has 2 atom stereocenters. The Hall–Kier alpha value is -1.20. The van der Waals surface area contributed by atoms with Gasteiger partial charge in [-0.2, -0.15) is 0 Å². The van der Waals surface area contributed by atoms with E-state index in [1.807, 2.05) is 0 Å². The van der Waals surface area contributed by atoms with Gasteiger partial charge in [-0.05, 0) is 32.6 Å². The van der Waals surface area contributed by atoms with Gasteiger partial charge in [0.1, 0.15) is 5.41 Å². The molecule has 0 radical (unpaired) electrons. The van der Waals surface area contributed by atoms with Crippen molar-refractivity contribution in [1.29, 1.82) is 0 Å². The second-order valence-electron chi connectivity index (χ2n) is 6.14. The van der Waals surface area contributed by atoms with Crippen LogP contribution in [0.25, 0.3) is 0 Å². The van der Waals surface area contributed by atoms with E-state index < -0.39 is 29.1 Å². The van der Waals surface area contributed by atoms with Crippen LogP contribution in [0.3, 0.4) is 0 Å². The first kappa shape index (κ1) is 14.2. The van der Waals surface area contributed by atoms with E-state index in [1.165, 1.54) is 18.7 Å². The van der Waals surface area contributed by atoms with Gasteiger partial charge in [0.15, 0.2) is 0 Å². The molecule has 1 amide bonds. The van der Waals surface area contributed by atoms with E-state index in [0.29, 0.717) is 19.4 Å². The van der Waals surface area contributed by atoms with Crippen LogP contribution in [0.5, 0.6) is 0 Å². The maximum atomic E-state index is 13.7. The van der Waals surface area contributed by atoms with Crippen molar-refractivity contribution in [3.8, 4) is 0 Å². The Kier molecular flexibility index (Phi) is 3.31. The molecular weight excluding hydrogens is 256 g/mol. The van der Waals surface area contributed by atoms with Crippen molar-refractivity contribution < 1.29 is 23.5 Å². The zero-order valence-electron chi connectivity index (χ0n) is 11.2. The minimum absolute atomic E-state index is 0.0206. The SMILES string of the molecule is CC(C)(C(=O)O)C(=O)N1CC[C@H]2CCC(F)(F)[C@H]2C1. The molecule has 2 fully saturated rings. The van der Waals surface area contributed by atoms with Crippen LogP contribution in [0.4, 0.5) is 8.78 Å². The Morgan fingerprint density at radius 2 is 1.95 bits per heavy atom. The van der Waals surface area contributed by atoms with Crippen LogP contribution in [0.15, 0.2) is 0 Å². The standard InChI is InChI=1S/C13H19F2NO3/c1-12(2,11(18)19)10(17)16-6-4-8-3-5-13(14,15)9(8)7-16/h8-9H,3-7H2,1-2H3,(H,18,19)/t8-,9+/m1/s1. The summed E-state index contributed by atoms with van der Waals surface area (Å²) >= 11 is 0. The third-order valence-corrected chi connectivity index (χ3v) is 4.50. The number of aliphatic carboxylic acids is 1. The van der Waals surface area contributed by atoms with Crippen molar-refractivity contribution in [2.75, 3.05) is 13.1 Å². The summed E-state index contributed by atoms with van der Waals surface area (Å²) in [5, 5.41) is 9.04. The van der Waals surface area contributed by atoms with Crippen molar-refractivity contribution in [2.24, 2.45) is 17.3 Å². The number of carboxylic acids is 1. The number of fused-ring (bicyclic) bond motifs is 1. The summed E-state index contributed by atoms with van der Waals surface area (Å²) in [5.41, 5.74) is -1.55. The van der Waals surface area contributed by atoms with Crippen LogP contribution in [0, 0.1) is 17.3 Å². The number of piperidine rings is 1. The summed E-state index contributed by atoms with van der Waals surface area (Å²) in [6.07, 6.45) is 0.927. The third-order valence-electron chi connectivity index (χ3n) is 4.50. The van der Waals surface area contributed by atoms with Crippen molar-refractivity contribution in [2.45, 2.75) is 39.0 Å². The summed E-state index contributed by atoms with van der Waals surface area (Å²) in [7, 11) is 0. The Morgan fingerprint density at radius 1 is 1.32 bits per heavy atom. The van der Waals surface area contributed by atoms with Gasteiger partial charge in [0, 0.05) is 25.4 Å². The van der Waals surface area contributed by atoms with Gasteiger partial charge >= 0.3 is 5.97 Å². The minimum Gasteiger partial charge on any atom is -0.480 e. The van der Waals surface area contributed by atoms with Gasteiger partial charge in [0.25, 0.3) is 5.92 Å². The fourth-order valence-corrected chi connectivity index (χ4v) is 3.06. The van der Waals surface area contributed by atoms with Crippen LogP contribution >= 0.6 is 0 Å². The van der Waals surface area contributed by atoms with E-state index >= 15 is 0 Å². The van der Waals surface area contributed by atoms with Crippen molar-refractivity contribution >= 4 is 11.9 Å². The van der Waals surface area contributed by atoms with E-state index in [2.05, 4.69) is 0 Å². The quantitative estimate of drug-likeness (QED) is 0.784. The molecular formula is C13H19F2NO3. The highest BCUT2D eigenvalue weighted by molar-refractivity contribution is 6.01. The number of hydrogen-bond donors (Lipinski definition) is 1. The zero-order valence-corrected chi connectivity index (χ0v) is 11.2. The molecule has 0 unspecified atom stereocenters. The number of rotatable bonds is 2. The number of carbonyl (C=O) groups is 2. The molecule has 0 bridgehead atoms. The summed E-state index contributed by atoms with van der Waals surface area (Å²) < 4.78 is 27.4. The number of amides is 1. The first-order valence-corrected chi connectivity index (χ1v) is 6.57. The maximum Gasteiger partial charge on any atom is 0.318 e. The molecule has 0 spiro atoms. The zero-order chi connectivity index (χ0) is 14.4. The molecule has 1 N–H and O–H groups in total. The predicted octanol–water partition coefficient (Wildman–Crippen LogP) is 1.99. The van der Waals surface area contributed by atoms with E-state index in [4.69, 9.17) is 5.11 Å². The fraction of sp³-hybridized carbons (Fsp3) is 0.846. The van der Waals surface area contributed by atoms with E-state index in [0.717, 1.165) is 0 Å². The molecule has 1 aliphatic carbocycles. The highest BCUT2D eigenvalue weighted by Crippen LogP contribution is 2.48. The van der Waals surface area contributed by atoms with Gasteiger partial charge in [0.05, 0.1) is 0 Å². The van der Waals surface area contributed by atoms with Crippen LogP contribution in [0.2, 0.25) is 0 Å². The molecule has 1 saturated carbocycles. The highest BCUT2D eigenvalue weighted by atomic mass is 19.3. The van der Waals surface area contributed by atoms with Crippen LogP contribution in [-0.4, -0.2) is 40.9 Å². The van der Waals surface area contributed by atoms with Crippen LogP contribution < -0.4 is 0 Å². The Balaban J connectivity index is 2.12. The van der Waals surface area contributed by atoms with Gasteiger partial charge in [0.2, 0.25) is 5.91 Å². The van der Waals surface area contributed by atoms with Gasteiger partial charge < -0.3 is 10.0 Å². The lowest BCUT2D eigenvalue weighted by molar-refractivity contribution is -0.161. The lowest BCUT2D eigenvalue weighted by Gasteiger charge is -2.39. The molecule has 1 saturated heterocycles. The topological polar surface area (TPSA) is 57.6 Å². The molecule has 2 rings (SSSR count). The monoisotopic (exact) mass is 275 g/mol. The van der Waals surface area contributed by atoms with Gasteiger partial charge in [-0.25, -0.2) is 8.78 Å². The summed E-state index contributed by atoms with van der Waals surface area (Å²) in [4.78, 5) is 24.5. The lowest BCUT2D eigenvalue weighted by Crippen LogP contribution is -2.52. The summed E-state index contributed by atoms with van der Waals surface area (Å²) in [6.45, 7) is 2.99. The average Bonchev–Trinajstić information content (AvgIpc) is 2.64. The molecule has 2 aliphatic rings. The minimum atomic E-state index is -2.73. The average molecular weight is 275 g/mol. The van der Waals surface area contributed by atoms with Gasteiger partial charge in [-0.15, -0.1) is 0 Å². The molecule has 1 aliphatic heterocycles. The number of halogens is 2. The van der Waals surface area contributed by atoms with Gasteiger partial charge in [-0.3, -0.25) is 9.59 Å². The second-order valence-corrected chi connectivity index (χ2v) is 6.14. The first-order valence-electron chi connectivity index (χ1n) is 6.57. The largest absolute Gasteiger partial charge is 0.480 e. The van der Waals surface area contributed by atoms with Crippen LogP contribution in [0.1, 0.15) is 33.1 Å². The summed E-state index contributed by atoms with van der Waals surface area (Å²) in [5.74, 6) is -5.36. The van der Waals surface area contributed by atoms with Crippen molar-refractivity contribution in [3.63, 3.8) is 0 Å². The highest BCUT2D eigenvalue weighted by Gasteiger charge is 2.53. The third kappa shape index (κ3) is 2.32. The van der Waals surface area contributed by atoms with E-state index in [1.54, 1.807) is 0 Å². The molecule has 19 heavy (non-hydrogen) atoms. The summed E-state index contributed by atoms with van der Waals surface area (Å²) in [6, 6.07) is 0. The number of hydrogen-bond acceptors (Lipinski definition) is 2. The fourth-order valence-electron chi connectivity index (χ4n) is 3.06. The lowest BCUT2D eigenvalue weighted by atomic mass is 9.84. The van der Waals surface area contributed by atoms with E-state index in [-0.39, 0.29) is 18.9 Å². The van der Waals surface area contributed by atoms with Crippen LogP contribution in [-0.2, 0) is 9.59 Å². The number of likely N-dealkylation sites (tertiary alicyclic amines) is 1. The Labute approximate surface area is 110 Å². The second kappa shape index (κ2) is 4.42. The van der Waals surface area contributed by atoms with E-state index in [9.17, 15) is 18.4 Å². The van der Waals surface area contributed by atoms with Crippen molar-refractivity contribution in [3.05, 3.63) is 0 Å². The predicted molar refractivity (Wildman–Crippen MR) is 63.8 cm³/mol. The smallest absolute Gasteiger partial charge is 0.318 e.